The Morgan fingerprint density at radius 3 is 2.96 bits per heavy atom. The Kier molecular flexibility index (Phi) is 5.34. The average Bonchev–Trinajstić information content (AvgIpc) is 2.90. The summed E-state index contributed by atoms with van der Waals surface area (Å²) in [6.45, 7) is 7.43. The lowest BCUT2D eigenvalue weighted by Crippen LogP contribution is -2.39. The standard InChI is InChI=1S/C19H26N2OS/c1-14-8-5-6-12-21(14)13-7-11-20-19(22)18-15(2)16-9-3-4-10-17(16)23-18/h3-4,9-10,14H,5-8,11-13H2,1-2H3,(H,20,22)/t14-/m1/s1. The highest BCUT2D eigenvalue weighted by atomic mass is 32.1. The normalized spacial score (nSPS) is 19.1. The Labute approximate surface area is 142 Å². The molecule has 1 aromatic carbocycles. The van der Waals surface area contributed by atoms with Crippen LogP contribution in [0.1, 0.15) is 47.8 Å². The van der Waals surface area contributed by atoms with Crippen molar-refractivity contribution in [2.24, 2.45) is 0 Å². The first-order valence-corrected chi connectivity index (χ1v) is 9.49. The van der Waals surface area contributed by atoms with Crippen LogP contribution in [0.5, 0.6) is 0 Å². The predicted octanol–water partition coefficient (Wildman–Crippen LogP) is 4.20. The van der Waals surface area contributed by atoms with Gasteiger partial charge in [0, 0.05) is 23.8 Å². The minimum absolute atomic E-state index is 0.0791. The highest BCUT2D eigenvalue weighted by Gasteiger charge is 2.18. The van der Waals surface area contributed by atoms with Gasteiger partial charge in [0.15, 0.2) is 0 Å². The van der Waals surface area contributed by atoms with Crippen molar-refractivity contribution in [1.82, 2.24) is 10.2 Å². The molecule has 2 aromatic rings. The molecule has 3 rings (SSSR count). The Hall–Kier alpha value is -1.39. The Balaban J connectivity index is 1.51. The van der Waals surface area contributed by atoms with E-state index < -0.39 is 0 Å². The molecule has 0 aliphatic carbocycles. The molecule has 0 saturated carbocycles. The van der Waals surface area contributed by atoms with Crippen molar-refractivity contribution in [3.05, 3.63) is 34.7 Å². The molecule has 2 heterocycles. The molecule has 4 heteroatoms. The first-order chi connectivity index (χ1) is 11.2. The third kappa shape index (κ3) is 3.75. The van der Waals surface area contributed by atoms with Gasteiger partial charge in [0.2, 0.25) is 0 Å². The number of nitrogens with one attached hydrogen (secondary N) is 1. The van der Waals surface area contributed by atoms with Gasteiger partial charge in [0.05, 0.1) is 4.88 Å². The summed E-state index contributed by atoms with van der Waals surface area (Å²) in [5.74, 6) is 0.0791. The third-order valence-electron chi connectivity index (χ3n) is 4.90. The summed E-state index contributed by atoms with van der Waals surface area (Å²) in [4.78, 5) is 15.9. The fraction of sp³-hybridized carbons (Fsp3) is 0.526. The van der Waals surface area contributed by atoms with Crippen LogP contribution in [0.3, 0.4) is 0 Å². The molecule has 23 heavy (non-hydrogen) atoms. The number of rotatable bonds is 5. The van der Waals surface area contributed by atoms with E-state index in [0.717, 1.165) is 30.0 Å². The minimum Gasteiger partial charge on any atom is -0.351 e. The summed E-state index contributed by atoms with van der Waals surface area (Å²) < 4.78 is 1.19. The number of fused-ring (bicyclic) bond motifs is 1. The van der Waals surface area contributed by atoms with Crippen LogP contribution < -0.4 is 5.32 Å². The van der Waals surface area contributed by atoms with E-state index in [1.165, 1.54) is 35.9 Å². The van der Waals surface area contributed by atoms with Gasteiger partial charge < -0.3 is 10.2 Å². The van der Waals surface area contributed by atoms with Crippen LogP contribution in [0.25, 0.3) is 10.1 Å². The molecule has 1 fully saturated rings. The summed E-state index contributed by atoms with van der Waals surface area (Å²) in [5.41, 5.74) is 1.10. The van der Waals surface area contributed by atoms with E-state index in [-0.39, 0.29) is 5.91 Å². The maximum Gasteiger partial charge on any atom is 0.261 e. The van der Waals surface area contributed by atoms with E-state index in [1.807, 2.05) is 19.1 Å². The van der Waals surface area contributed by atoms with Gasteiger partial charge in [-0.3, -0.25) is 4.79 Å². The first-order valence-electron chi connectivity index (χ1n) is 8.67. The van der Waals surface area contributed by atoms with E-state index in [2.05, 4.69) is 29.3 Å². The lowest BCUT2D eigenvalue weighted by Gasteiger charge is -2.33. The number of aryl methyl sites for hydroxylation is 1. The lowest BCUT2D eigenvalue weighted by molar-refractivity contribution is 0.0952. The van der Waals surface area contributed by atoms with Gasteiger partial charge in [-0.25, -0.2) is 0 Å². The number of benzene rings is 1. The number of thiophene rings is 1. The fourth-order valence-corrected chi connectivity index (χ4v) is 4.57. The Morgan fingerprint density at radius 2 is 2.17 bits per heavy atom. The number of carbonyl (C=O) groups is 1. The SMILES string of the molecule is Cc1c(C(=O)NCCCN2CCCC[C@H]2C)sc2ccccc12. The van der Waals surface area contributed by atoms with Gasteiger partial charge in [-0.2, -0.15) is 0 Å². The van der Waals surface area contributed by atoms with Crippen LogP contribution >= 0.6 is 11.3 Å². The second-order valence-electron chi connectivity index (χ2n) is 6.54. The lowest BCUT2D eigenvalue weighted by atomic mass is 10.0. The van der Waals surface area contributed by atoms with Crippen molar-refractivity contribution < 1.29 is 4.79 Å². The third-order valence-corrected chi connectivity index (χ3v) is 6.17. The monoisotopic (exact) mass is 330 g/mol. The van der Waals surface area contributed by atoms with Crippen molar-refractivity contribution in [1.29, 1.82) is 0 Å². The topological polar surface area (TPSA) is 32.3 Å². The van der Waals surface area contributed by atoms with Gasteiger partial charge in [0.1, 0.15) is 0 Å². The molecule has 1 N–H and O–H groups in total. The molecule has 1 aliphatic rings. The van der Waals surface area contributed by atoms with E-state index in [1.54, 1.807) is 11.3 Å². The second kappa shape index (κ2) is 7.45. The van der Waals surface area contributed by atoms with Crippen molar-refractivity contribution in [2.45, 2.75) is 45.6 Å². The molecule has 0 spiro atoms. The Morgan fingerprint density at radius 1 is 1.35 bits per heavy atom. The largest absolute Gasteiger partial charge is 0.351 e. The van der Waals surface area contributed by atoms with Crippen molar-refractivity contribution in [3.8, 4) is 0 Å². The number of piperidine rings is 1. The summed E-state index contributed by atoms with van der Waals surface area (Å²) >= 11 is 1.60. The number of hydrogen-bond donors (Lipinski definition) is 1. The highest BCUT2D eigenvalue weighted by Crippen LogP contribution is 2.30. The molecule has 1 amide bonds. The number of amides is 1. The van der Waals surface area contributed by atoms with Gasteiger partial charge in [-0.1, -0.05) is 24.6 Å². The number of nitrogens with zero attached hydrogens (tertiary/aromatic N) is 1. The van der Waals surface area contributed by atoms with Crippen LogP contribution in [0.4, 0.5) is 0 Å². The summed E-state index contributed by atoms with van der Waals surface area (Å²) in [5, 5.41) is 4.30. The average molecular weight is 330 g/mol. The molecule has 1 saturated heterocycles. The molecule has 1 aliphatic heterocycles. The maximum atomic E-state index is 12.4. The smallest absolute Gasteiger partial charge is 0.261 e. The quantitative estimate of drug-likeness (QED) is 0.833. The van der Waals surface area contributed by atoms with Crippen molar-refractivity contribution in [3.63, 3.8) is 0 Å². The van der Waals surface area contributed by atoms with Crippen LogP contribution in [0, 0.1) is 6.92 Å². The molecular formula is C19H26N2OS. The molecule has 0 radical (unpaired) electrons. The number of hydrogen-bond acceptors (Lipinski definition) is 3. The van der Waals surface area contributed by atoms with Crippen molar-refractivity contribution in [2.75, 3.05) is 19.6 Å². The minimum atomic E-state index is 0.0791. The number of carbonyl (C=O) groups excluding carboxylic acids is 1. The molecule has 3 nitrogen and oxygen atoms in total. The maximum absolute atomic E-state index is 12.4. The van der Waals surface area contributed by atoms with Gasteiger partial charge in [0.25, 0.3) is 5.91 Å². The van der Waals surface area contributed by atoms with Crippen molar-refractivity contribution >= 4 is 27.3 Å². The van der Waals surface area contributed by atoms with E-state index in [4.69, 9.17) is 0 Å². The van der Waals surface area contributed by atoms with E-state index >= 15 is 0 Å². The summed E-state index contributed by atoms with van der Waals surface area (Å²) in [6.07, 6.45) is 5.02. The fourth-order valence-electron chi connectivity index (χ4n) is 3.45. The highest BCUT2D eigenvalue weighted by molar-refractivity contribution is 7.21. The van der Waals surface area contributed by atoms with E-state index in [0.29, 0.717) is 6.04 Å². The molecule has 124 valence electrons. The van der Waals surface area contributed by atoms with Crippen LogP contribution in [0.2, 0.25) is 0 Å². The van der Waals surface area contributed by atoms with E-state index in [9.17, 15) is 4.79 Å². The van der Waals surface area contributed by atoms with Crippen LogP contribution in [-0.2, 0) is 0 Å². The number of likely N-dealkylation sites (tertiary alicyclic amines) is 1. The molecule has 1 atom stereocenters. The van der Waals surface area contributed by atoms with Gasteiger partial charge >= 0.3 is 0 Å². The second-order valence-corrected chi connectivity index (χ2v) is 7.59. The molecule has 1 aromatic heterocycles. The zero-order valence-electron chi connectivity index (χ0n) is 14.1. The predicted molar refractivity (Wildman–Crippen MR) is 98.4 cm³/mol. The van der Waals surface area contributed by atoms with Gasteiger partial charge in [-0.15, -0.1) is 11.3 Å². The zero-order valence-corrected chi connectivity index (χ0v) is 14.9. The Bertz CT molecular complexity index is 679. The molecule has 0 unspecified atom stereocenters. The summed E-state index contributed by atoms with van der Waals surface area (Å²) in [7, 11) is 0. The molecular weight excluding hydrogens is 304 g/mol. The van der Waals surface area contributed by atoms with Gasteiger partial charge in [-0.05, 0) is 56.7 Å². The van der Waals surface area contributed by atoms with Crippen LogP contribution in [0.15, 0.2) is 24.3 Å². The zero-order chi connectivity index (χ0) is 16.2. The first kappa shape index (κ1) is 16.5. The van der Waals surface area contributed by atoms with Crippen LogP contribution in [-0.4, -0.2) is 36.5 Å². The molecule has 0 bridgehead atoms. The summed E-state index contributed by atoms with van der Waals surface area (Å²) in [6, 6.07) is 8.94.